The van der Waals surface area contributed by atoms with Crippen LogP contribution in [-0.4, -0.2) is 34.9 Å². The second-order valence-electron chi connectivity index (χ2n) is 6.06. The molecular formula is C16H18ClN3O3. The van der Waals surface area contributed by atoms with Gasteiger partial charge in [-0.3, -0.25) is 4.90 Å². The van der Waals surface area contributed by atoms with Crippen LogP contribution in [0, 0.1) is 6.92 Å². The van der Waals surface area contributed by atoms with Crippen molar-refractivity contribution in [3.05, 3.63) is 34.4 Å². The summed E-state index contributed by atoms with van der Waals surface area (Å²) in [7, 11) is 0. The summed E-state index contributed by atoms with van der Waals surface area (Å²) < 4.78 is 15.9. The van der Waals surface area contributed by atoms with Gasteiger partial charge >= 0.3 is 0 Å². The van der Waals surface area contributed by atoms with Crippen LogP contribution in [0.25, 0.3) is 0 Å². The van der Waals surface area contributed by atoms with Gasteiger partial charge in [-0.05, 0) is 37.1 Å². The Labute approximate surface area is 139 Å². The minimum atomic E-state index is 0.238. The van der Waals surface area contributed by atoms with Crippen LogP contribution in [0.5, 0.6) is 11.5 Å². The van der Waals surface area contributed by atoms with Gasteiger partial charge in [0, 0.05) is 25.9 Å². The smallest absolute Gasteiger partial charge is 0.231 e. The molecule has 0 spiro atoms. The van der Waals surface area contributed by atoms with E-state index in [0.29, 0.717) is 22.6 Å². The number of nitrogens with zero attached hydrogens (tertiary/aromatic N) is 3. The van der Waals surface area contributed by atoms with Gasteiger partial charge in [-0.25, -0.2) is 0 Å². The fourth-order valence-electron chi connectivity index (χ4n) is 3.26. The molecule has 1 fully saturated rings. The minimum absolute atomic E-state index is 0.238. The average molecular weight is 336 g/mol. The fourth-order valence-corrected chi connectivity index (χ4v) is 3.55. The van der Waals surface area contributed by atoms with Crippen LogP contribution >= 0.6 is 11.6 Å². The number of fused-ring (bicyclic) bond motifs is 1. The van der Waals surface area contributed by atoms with Crippen LogP contribution in [-0.2, 0) is 6.54 Å². The van der Waals surface area contributed by atoms with Gasteiger partial charge in [0.05, 0.1) is 5.02 Å². The molecule has 0 bridgehead atoms. The lowest BCUT2D eigenvalue weighted by Crippen LogP contribution is -2.34. The summed E-state index contributed by atoms with van der Waals surface area (Å²) in [5.41, 5.74) is 1.13. The number of piperidine rings is 1. The molecule has 0 unspecified atom stereocenters. The maximum Gasteiger partial charge on any atom is 0.231 e. The molecule has 1 atom stereocenters. The Hall–Kier alpha value is -1.79. The molecule has 4 rings (SSSR count). The number of rotatable bonds is 3. The van der Waals surface area contributed by atoms with E-state index in [1.807, 2.05) is 19.1 Å². The quantitative estimate of drug-likeness (QED) is 0.858. The third-order valence-corrected chi connectivity index (χ3v) is 4.59. The van der Waals surface area contributed by atoms with Crippen LogP contribution in [0.4, 0.5) is 0 Å². The number of hydrogen-bond acceptors (Lipinski definition) is 6. The molecule has 0 amide bonds. The predicted molar refractivity (Wildman–Crippen MR) is 83.9 cm³/mol. The Balaban J connectivity index is 1.47. The van der Waals surface area contributed by atoms with E-state index in [4.69, 9.17) is 25.6 Å². The predicted octanol–water partition coefficient (Wildman–Crippen LogP) is 3.14. The molecular weight excluding hydrogens is 318 g/mol. The molecule has 3 heterocycles. The van der Waals surface area contributed by atoms with Gasteiger partial charge in [0.2, 0.25) is 12.7 Å². The van der Waals surface area contributed by atoms with Crippen LogP contribution in [0.1, 0.15) is 36.0 Å². The zero-order chi connectivity index (χ0) is 15.8. The largest absolute Gasteiger partial charge is 0.454 e. The molecule has 2 aromatic rings. The Bertz CT molecular complexity index is 719. The molecule has 122 valence electrons. The second kappa shape index (κ2) is 6.02. The Kier molecular flexibility index (Phi) is 3.87. The number of ether oxygens (including phenoxy) is 2. The summed E-state index contributed by atoms with van der Waals surface area (Å²) >= 11 is 6.26. The lowest BCUT2D eigenvalue weighted by atomic mass is 9.97. The zero-order valence-corrected chi connectivity index (χ0v) is 13.7. The van der Waals surface area contributed by atoms with Crippen molar-refractivity contribution < 1.29 is 14.0 Å². The van der Waals surface area contributed by atoms with E-state index in [9.17, 15) is 0 Å². The molecule has 0 saturated carbocycles. The number of halogens is 1. The lowest BCUT2D eigenvalue weighted by Gasteiger charge is -2.31. The van der Waals surface area contributed by atoms with Crippen molar-refractivity contribution in [1.29, 1.82) is 0 Å². The number of aromatic nitrogens is 2. The van der Waals surface area contributed by atoms with Crippen molar-refractivity contribution in [3.8, 4) is 11.5 Å². The first-order valence-corrected chi connectivity index (χ1v) is 8.17. The SMILES string of the molecule is Cc1nc([C@H]2CCCN(Cc3cc(Cl)c4c(c3)OCO4)C2)no1. The normalized spacial score (nSPS) is 20.9. The van der Waals surface area contributed by atoms with E-state index in [2.05, 4.69) is 15.0 Å². The van der Waals surface area contributed by atoms with Crippen molar-refractivity contribution >= 4 is 11.6 Å². The van der Waals surface area contributed by atoms with Crippen LogP contribution in [0.2, 0.25) is 5.02 Å². The first-order valence-electron chi connectivity index (χ1n) is 7.79. The molecule has 7 heteroatoms. The molecule has 1 saturated heterocycles. The first kappa shape index (κ1) is 14.8. The van der Waals surface area contributed by atoms with Gasteiger partial charge in [0.15, 0.2) is 17.3 Å². The van der Waals surface area contributed by atoms with Crippen LogP contribution in [0.15, 0.2) is 16.7 Å². The minimum Gasteiger partial charge on any atom is -0.454 e. The van der Waals surface area contributed by atoms with E-state index in [0.717, 1.165) is 49.6 Å². The molecule has 2 aliphatic rings. The summed E-state index contributed by atoms with van der Waals surface area (Å²) in [6, 6.07) is 3.97. The maximum atomic E-state index is 6.26. The van der Waals surface area contributed by atoms with Gasteiger partial charge in [0.25, 0.3) is 0 Å². The highest BCUT2D eigenvalue weighted by Crippen LogP contribution is 2.40. The summed E-state index contributed by atoms with van der Waals surface area (Å²) in [5.74, 6) is 3.14. The van der Waals surface area contributed by atoms with E-state index in [1.54, 1.807) is 0 Å². The molecule has 2 aliphatic heterocycles. The Morgan fingerprint density at radius 1 is 1.35 bits per heavy atom. The van der Waals surface area contributed by atoms with E-state index < -0.39 is 0 Å². The molecule has 1 aromatic heterocycles. The van der Waals surface area contributed by atoms with Crippen molar-refractivity contribution in [2.45, 2.75) is 32.2 Å². The van der Waals surface area contributed by atoms with E-state index in [-0.39, 0.29) is 6.79 Å². The molecule has 0 N–H and O–H groups in total. The summed E-state index contributed by atoms with van der Waals surface area (Å²) in [6.45, 7) is 4.86. The van der Waals surface area contributed by atoms with Crippen molar-refractivity contribution in [2.75, 3.05) is 19.9 Å². The highest BCUT2D eigenvalue weighted by molar-refractivity contribution is 6.32. The molecule has 0 radical (unpaired) electrons. The topological polar surface area (TPSA) is 60.6 Å². The summed E-state index contributed by atoms with van der Waals surface area (Å²) in [5, 5.41) is 4.68. The monoisotopic (exact) mass is 335 g/mol. The van der Waals surface area contributed by atoms with Crippen molar-refractivity contribution in [1.82, 2.24) is 15.0 Å². The average Bonchev–Trinajstić information content (AvgIpc) is 3.16. The second-order valence-corrected chi connectivity index (χ2v) is 6.46. The molecule has 0 aliphatic carbocycles. The summed E-state index contributed by atoms with van der Waals surface area (Å²) in [6.07, 6.45) is 2.22. The van der Waals surface area contributed by atoms with Gasteiger partial charge in [-0.2, -0.15) is 4.98 Å². The molecule has 23 heavy (non-hydrogen) atoms. The number of likely N-dealkylation sites (tertiary alicyclic amines) is 1. The van der Waals surface area contributed by atoms with Gasteiger partial charge < -0.3 is 14.0 Å². The molecule has 1 aromatic carbocycles. The Morgan fingerprint density at radius 3 is 3.09 bits per heavy atom. The third kappa shape index (κ3) is 3.01. The van der Waals surface area contributed by atoms with Crippen molar-refractivity contribution in [2.24, 2.45) is 0 Å². The van der Waals surface area contributed by atoms with E-state index in [1.165, 1.54) is 0 Å². The zero-order valence-electron chi connectivity index (χ0n) is 12.9. The highest BCUT2D eigenvalue weighted by atomic mass is 35.5. The highest BCUT2D eigenvalue weighted by Gasteiger charge is 2.26. The number of hydrogen-bond donors (Lipinski definition) is 0. The van der Waals surface area contributed by atoms with Crippen LogP contribution < -0.4 is 9.47 Å². The van der Waals surface area contributed by atoms with E-state index >= 15 is 0 Å². The number of benzene rings is 1. The first-order chi connectivity index (χ1) is 11.2. The van der Waals surface area contributed by atoms with Gasteiger partial charge in [-0.1, -0.05) is 16.8 Å². The van der Waals surface area contributed by atoms with Gasteiger partial charge in [-0.15, -0.1) is 0 Å². The standard InChI is InChI=1S/C16H18ClN3O3/c1-10-18-16(19-23-10)12-3-2-4-20(8-12)7-11-5-13(17)15-14(6-11)21-9-22-15/h5-6,12H,2-4,7-9H2,1H3/t12-/m0/s1. The molecule has 6 nitrogen and oxygen atoms in total. The number of aryl methyl sites for hydroxylation is 1. The summed E-state index contributed by atoms with van der Waals surface area (Å²) in [4.78, 5) is 6.77. The van der Waals surface area contributed by atoms with Crippen molar-refractivity contribution in [3.63, 3.8) is 0 Å². The Morgan fingerprint density at radius 2 is 2.26 bits per heavy atom. The van der Waals surface area contributed by atoms with Gasteiger partial charge in [0.1, 0.15) is 0 Å². The lowest BCUT2D eigenvalue weighted by molar-refractivity contribution is 0.173. The van der Waals surface area contributed by atoms with Crippen LogP contribution in [0.3, 0.4) is 0 Å². The maximum absolute atomic E-state index is 6.26. The third-order valence-electron chi connectivity index (χ3n) is 4.31. The fraction of sp³-hybridized carbons (Fsp3) is 0.500.